The fourth-order valence-corrected chi connectivity index (χ4v) is 3.96. The third-order valence-electron chi connectivity index (χ3n) is 3.93. The van der Waals surface area contributed by atoms with Crippen molar-refractivity contribution in [2.45, 2.75) is 39.2 Å². The van der Waals surface area contributed by atoms with Crippen LogP contribution in [0.4, 0.5) is 0 Å². The maximum Gasteiger partial charge on any atom is 0.221 e. The van der Waals surface area contributed by atoms with Crippen LogP contribution in [0.25, 0.3) is 0 Å². The van der Waals surface area contributed by atoms with Gasteiger partial charge in [-0.05, 0) is 24.0 Å². The molecule has 0 aromatic heterocycles. The maximum absolute atomic E-state index is 12.4. The van der Waals surface area contributed by atoms with Crippen molar-refractivity contribution in [3.05, 3.63) is 35.4 Å². The van der Waals surface area contributed by atoms with E-state index in [1.165, 1.54) is 9.87 Å². The third-order valence-corrected chi connectivity index (χ3v) is 5.75. The van der Waals surface area contributed by atoms with E-state index in [1.54, 1.807) is 0 Å². The molecule has 1 aromatic rings. The van der Waals surface area contributed by atoms with Crippen LogP contribution in [0, 0.1) is 0 Å². The first kappa shape index (κ1) is 17.0. The van der Waals surface area contributed by atoms with E-state index >= 15 is 0 Å². The summed E-state index contributed by atoms with van der Waals surface area (Å²) >= 11 is 0. The van der Waals surface area contributed by atoms with Gasteiger partial charge in [0, 0.05) is 26.1 Å². The van der Waals surface area contributed by atoms with E-state index in [2.05, 4.69) is 5.32 Å². The van der Waals surface area contributed by atoms with Gasteiger partial charge in [-0.1, -0.05) is 37.6 Å². The van der Waals surface area contributed by atoms with Crippen LogP contribution in [0.15, 0.2) is 24.3 Å². The van der Waals surface area contributed by atoms with E-state index < -0.39 is 10.0 Å². The Morgan fingerprint density at radius 2 is 2.00 bits per heavy atom. The molecule has 0 saturated heterocycles. The molecule has 2 rings (SSSR count). The molecule has 122 valence electrons. The fourth-order valence-electron chi connectivity index (χ4n) is 2.55. The first-order chi connectivity index (χ1) is 10.5. The van der Waals surface area contributed by atoms with Crippen LogP contribution in [0.3, 0.4) is 0 Å². The number of carbonyl (C=O) groups excluding carboxylic acids is 1. The number of benzene rings is 1. The normalized spacial score (nSPS) is 15.3. The average Bonchev–Trinajstić information content (AvgIpc) is 2.53. The van der Waals surface area contributed by atoms with Crippen LogP contribution in [0.1, 0.15) is 37.3 Å². The number of amides is 1. The topological polar surface area (TPSA) is 66.5 Å². The van der Waals surface area contributed by atoms with Crippen LogP contribution in [-0.4, -0.2) is 37.5 Å². The molecule has 1 aliphatic rings. The van der Waals surface area contributed by atoms with E-state index in [4.69, 9.17) is 0 Å². The van der Waals surface area contributed by atoms with Crippen molar-refractivity contribution in [2.24, 2.45) is 0 Å². The second-order valence-corrected chi connectivity index (χ2v) is 7.71. The van der Waals surface area contributed by atoms with Crippen LogP contribution < -0.4 is 5.32 Å². The number of sulfonamides is 1. The highest BCUT2D eigenvalue weighted by atomic mass is 32.2. The Labute approximate surface area is 132 Å². The van der Waals surface area contributed by atoms with E-state index in [9.17, 15) is 13.2 Å². The molecule has 1 aromatic carbocycles. The van der Waals surface area contributed by atoms with Crippen LogP contribution in [0.5, 0.6) is 0 Å². The number of hydrogen-bond donors (Lipinski definition) is 1. The summed E-state index contributed by atoms with van der Waals surface area (Å²) < 4.78 is 26.2. The Bertz CT molecular complexity index is 614. The van der Waals surface area contributed by atoms with Crippen LogP contribution in [0.2, 0.25) is 0 Å². The summed E-state index contributed by atoms with van der Waals surface area (Å²) in [4.78, 5) is 11.7. The molecule has 1 aliphatic heterocycles. The summed E-state index contributed by atoms with van der Waals surface area (Å²) in [6.45, 7) is 3.57. The Kier molecular flexibility index (Phi) is 5.97. The Hall–Kier alpha value is -1.40. The highest BCUT2D eigenvalue weighted by Crippen LogP contribution is 2.21. The Morgan fingerprint density at radius 1 is 1.27 bits per heavy atom. The van der Waals surface area contributed by atoms with Crippen molar-refractivity contribution in [3.8, 4) is 0 Å². The third kappa shape index (κ3) is 4.55. The minimum atomic E-state index is -3.38. The summed E-state index contributed by atoms with van der Waals surface area (Å²) in [5.74, 6) is -0.304. The highest BCUT2D eigenvalue weighted by Gasteiger charge is 2.26. The number of hydrogen-bond acceptors (Lipinski definition) is 3. The van der Waals surface area contributed by atoms with Crippen LogP contribution >= 0.6 is 0 Å². The fraction of sp³-hybridized carbons (Fsp3) is 0.562. The van der Waals surface area contributed by atoms with E-state index in [-0.39, 0.29) is 18.1 Å². The molecule has 0 fully saturated rings. The van der Waals surface area contributed by atoms with Gasteiger partial charge < -0.3 is 5.32 Å². The molecule has 0 bridgehead atoms. The Morgan fingerprint density at radius 3 is 2.73 bits per heavy atom. The summed E-state index contributed by atoms with van der Waals surface area (Å²) in [7, 11) is -3.38. The van der Waals surface area contributed by atoms with Gasteiger partial charge in [-0.2, -0.15) is 4.31 Å². The van der Waals surface area contributed by atoms with Crippen LogP contribution in [-0.2, 0) is 27.8 Å². The summed E-state index contributed by atoms with van der Waals surface area (Å²) in [5, 5.41) is 2.75. The minimum absolute atomic E-state index is 0.0319. The van der Waals surface area contributed by atoms with Gasteiger partial charge in [0.25, 0.3) is 0 Å². The summed E-state index contributed by atoms with van der Waals surface area (Å²) in [6, 6.07) is 7.91. The number of carbonyl (C=O) groups is 1. The zero-order chi connectivity index (χ0) is 16.0. The molecule has 1 amide bonds. The quantitative estimate of drug-likeness (QED) is 0.776. The van der Waals surface area contributed by atoms with Crippen molar-refractivity contribution in [1.29, 1.82) is 0 Å². The molecule has 0 unspecified atom stereocenters. The molecule has 1 N–H and O–H groups in total. The first-order valence-corrected chi connectivity index (χ1v) is 9.45. The molecule has 0 saturated carbocycles. The first-order valence-electron chi connectivity index (χ1n) is 7.84. The average molecular weight is 324 g/mol. The maximum atomic E-state index is 12.4. The van der Waals surface area contributed by atoms with Gasteiger partial charge in [-0.15, -0.1) is 0 Å². The highest BCUT2D eigenvalue weighted by molar-refractivity contribution is 7.89. The van der Waals surface area contributed by atoms with Gasteiger partial charge in [-0.3, -0.25) is 4.79 Å². The van der Waals surface area contributed by atoms with Gasteiger partial charge in [0.1, 0.15) is 0 Å². The number of unbranched alkanes of at least 4 members (excludes halogenated alkanes) is 1. The van der Waals surface area contributed by atoms with Crippen molar-refractivity contribution >= 4 is 15.9 Å². The monoisotopic (exact) mass is 324 g/mol. The SMILES string of the molecule is CCCCNC(=O)CCS(=O)(=O)N1CCc2ccccc2C1. The summed E-state index contributed by atoms with van der Waals surface area (Å²) in [5.41, 5.74) is 2.27. The van der Waals surface area contributed by atoms with Crippen molar-refractivity contribution < 1.29 is 13.2 Å². The lowest BCUT2D eigenvalue weighted by Crippen LogP contribution is -2.38. The second kappa shape index (κ2) is 7.74. The number of rotatable bonds is 7. The number of fused-ring (bicyclic) bond motifs is 1. The predicted molar refractivity (Wildman–Crippen MR) is 86.9 cm³/mol. The lowest BCUT2D eigenvalue weighted by Gasteiger charge is -2.28. The molecule has 1 heterocycles. The predicted octanol–water partition coefficient (Wildman–Crippen LogP) is 1.68. The largest absolute Gasteiger partial charge is 0.356 e. The van der Waals surface area contributed by atoms with Gasteiger partial charge in [-0.25, -0.2) is 8.42 Å². The molecule has 0 atom stereocenters. The van der Waals surface area contributed by atoms with E-state index in [1.807, 2.05) is 31.2 Å². The Balaban J connectivity index is 1.88. The molecule has 22 heavy (non-hydrogen) atoms. The van der Waals surface area contributed by atoms with Crippen molar-refractivity contribution in [2.75, 3.05) is 18.8 Å². The minimum Gasteiger partial charge on any atom is -0.356 e. The van der Waals surface area contributed by atoms with Crippen molar-refractivity contribution in [3.63, 3.8) is 0 Å². The van der Waals surface area contributed by atoms with Crippen molar-refractivity contribution in [1.82, 2.24) is 9.62 Å². The smallest absolute Gasteiger partial charge is 0.221 e. The van der Waals surface area contributed by atoms with Gasteiger partial charge in [0.15, 0.2) is 0 Å². The summed E-state index contributed by atoms with van der Waals surface area (Å²) in [6.07, 6.45) is 2.69. The standard InChI is InChI=1S/C16H24N2O3S/c1-2-3-10-17-16(19)9-12-22(20,21)18-11-8-14-6-4-5-7-15(14)13-18/h4-7H,2-3,8-13H2,1H3,(H,17,19). The zero-order valence-corrected chi connectivity index (χ0v) is 13.9. The lowest BCUT2D eigenvalue weighted by molar-refractivity contribution is -0.120. The van der Waals surface area contributed by atoms with Gasteiger partial charge in [0.2, 0.25) is 15.9 Å². The molecular weight excluding hydrogens is 300 g/mol. The van der Waals surface area contributed by atoms with E-state index in [0.29, 0.717) is 19.6 Å². The molecule has 6 heteroatoms. The molecular formula is C16H24N2O3S. The number of nitrogens with one attached hydrogen (secondary N) is 1. The second-order valence-electron chi connectivity index (χ2n) is 5.62. The lowest BCUT2D eigenvalue weighted by atomic mass is 10.0. The molecule has 0 spiro atoms. The zero-order valence-electron chi connectivity index (χ0n) is 13.0. The molecule has 0 radical (unpaired) electrons. The molecule has 5 nitrogen and oxygen atoms in total. The van der Waals surface area contributed by atoms with Gasteiger partial charge in [0.05, 0.1) is 5.75 Å². The number of nitrogens with zero attached hydrogens (tertiary/aromatic N) is 1. The van der Waals surface area contributed by atoms with E-state index in [0.717, 1.165) is 24.8 Å². The van der Waals surface area contributed by atoms with Gasteiger partial charge >= 0.3 is 0 Å². The molecule has 0 aliphatic carbocycles.